The first-order valence-corrected chi connectivity index (χ1v) is 6.16. The van der Waals surface area contributed by atoms with Crippen molar-refractivity contribution >= 4 is 33.1 Å². The van der Waals surface area contributed by atoms with E-state index in [9.17, 15) is 0 Å². The number of rotatable bonds is 1. The highest BCUT2D eigenvalue weighted by atomic mass is 79.9. The van der Waals surface area contributed by atoms with Gasteiger partial charge in [0.05, 0.1) is 5.69 Å². The van der Waals surface area contributed by atoms with Crippen molar-refractivity contribution in [1.29, 1.82) is 0 Å². The fourth-order valence-corrected chi connectivity index (χ4v) is 2.83. The molecule has 2 rings (SSSR count). The third-order valence-corrected chi connectivity index (χ3v) is 3.87. The number of halogens is 1. The molecule has 15 heavy (non-hydrogen) atoms. The van der Waals surface area contributed by atoms with E-state index in [1.165, 1.54) is 0 Å². The van der Waals surface area contributed by atoms with E-state index < -0.39 is 0 Å². The van der Waals surface area contributed by atoms with E-state index in [-0.39, 0.29) is 0 Å². The molecule has 2 heterocycles. The molecule has 0 aliphatic carbocycles. The van der Waals surface area contributed by atoms with Gasteiger partial charge in [0.25, 0.3) is 0 Å². The topological polar surface area (TPSA) is 51.8 Å². The van der Waals surface area contributed by atoms with Gasteiger partial charge in [-0.3, -0.25) is 0 Å². The van der Waals surface area contributed by atoms with Crippen LogP contribution in [-0.2, 0) is 0 Å². The summed E-state index contributed by atoms with van der Waals surface area (Å²) < 4.78 is 1.05. The molecule has 0 radical (unpaired) electrons. The summed E-state index contributed by atoms with van der Waals surface area (Å²) >= 11 is 5.13. The summed E-state index contributed by atoms with van der Waals surface area (Å²) in [5, 5.41) is 4.08. The lowest BCUT2D eigenvalue weighted by Crippen LogP contribution is -2.01. The second-order valence-corrected chi connectivity index (χ2v) is 4.86. The Morgan fingerprint density at radius 1 is 1.27 bits per heavy atom. The predicted octanol–water partition coefficient (Wildman–Crippen LogP) is 3.17. The van der Waals surface area contributed by atoms with Crippen molar-refractivity contribution in [3.63, 3.8) is 0 Å². The maximum absolute atomic E-state index is 5.81. The van der Waals surface area contributed by atoms with Crippen LogP contribution in [0.25, 0.3) is 11.3 Å². The first-order chi connectivity index (χ1) is 7.09. The van der Waals surface area contributed by atoms with Gasteiger partial charge in [-0.1, -0.05) is 0 Å². The van der Waals surface area contributed by atoms with Crippen LogP contribution < -0.4 is 5.73 Å². The van der Waals surface area contributed by atoms with Gasteiger partial charge >= 0.3 is 0 Å². The summed E-state index contributed by atoms with van der Waals surface area (Å²) in [4.78, 5) is 8.55. The van der Waals surface area contributed by atoms with Crippen LogP contribution in [0.1, 0.15) is 11.4 Å². The van der Waals surface area contributed by atoms with Crippen molar-refractivity contribution in [1.82, 2.24) is 9.97 Å². The molecule has 0 bridgehead atoms. The van der Waals surface area contributed by atoms with Gasteiger partial charge < -0.3 is 5.73 Å². The Balaban J connectivity index is 2.68. The van der Waals surface area contributed by atoms with Crippen molar-refractivity contribution in [3.05, 3.63) is 26.6 Å². The molecule has 2 N–H and O–H groups in total. The third kappa shape index (κ3) is 1.89. The van der Waals surface area contributed by atoms with E-state index in [1.807, 2.05) is 19.2 Å². The van der Waals surface area contributed by atoms with Crippen LogP contribution in [0.2, 0.25) is 0 Å². The summed E-state index contributed by atoms with van der Waals surface area (Å²) in [6, 6.07) is 0. The molecule has 0 aliphatic heterocycles. The number of thiophene rings is 1. The van der Waals surface area contributed by atoms with E-state index in [2.05, 4.69) is 31.3 Å². The molecule has 0 spiro atoms. The Morgan fingerprint density at radius 3 is 2.60 bits per heavy atom. The fraction of sp³-hybridized carbons (Fsp3) is 0.200. The zero-order chi connectivity index (χ0) is 11.0. The Kier molecular flexibility index (Phi) is 2.75. The number of aryl methyl sites for hydroxylation is 1. The number of hydrogen-bond acceptors (Lipinski definition) is 4. The summed E-state index contributed by atoms with van der Waals surface area (Å²) in [6.45, 7) is 3.79. The summed E-state index contributed by atoms with van der Waals surface area (Å²) in [5.41, 5.74) is 8.73. The van der Waals surface area contributed by atoms with Gasteiger partial charge in [-0.05, 0) is 29.8 Å². The largest absolute Gasteiger partial charge is 0.383 e. The van der Waals surface area contributed by atoms with Gasteiger partial charge in [-0.2, -0.15) is 11.3 Å². The maximum atomic E-state index is 5.81. The molecule has 2 aromatic rings. The molecule has 2 aromatic heterocycles. The second kappa shape index (κ2) is 3.90. The van der Waals surface area contributed by atoms with Crippen molar-refractivity contribution < 1.29 is 0 Å². The molecule has 78 valence electrons. The molecule has 0 amide bonds. The van der Waals surface area contributed by atoms with E-state index in [0.29, 0.717) is 11.6 Å². The lowest BCUT2D eigenvalue weighted by atomic mass is 10.1. The highest BCUT2D eigenvalue weighted by molar-refractivity contribution is 9.10. The molecule has 0 saturated heterocycles. The first kappa shape index (κ1) is 10.6. The molecule has 0 aliphatic rings. The third-order valence-electron chi connectivity index (χ3n) is 2.17. The summed E-state index contributed by atoms with van der Waals surface area (Å²) in [6.07, 6.45) is 0. The Morgan fingerprint density at radius 2 is 2.00 bits per heavy atom. The lowest BCUT2D eigenvalue weighted by Gasteiger charge is -2.07. The summed E-state index contributed by atoms with van der Waals surface area (Å²) in [7, 11) is 0. The number of aromatic nitrogens is 2. The van der Waals surface area contributed by atoms with Crippen molar-refractivity contribution in [2.75, 3.05) is 5.73 Å². The van der Waals surface area contributed by atoms with Gasteiger partial charge in [0.2, 0.25) is 0 Å². The first-order valence-electron chi connectivity index (χ1n) is 4.42. The van der Waals surface area contributed by atoms with E-state index in [1.54, 1.807) is 11.3 Å². The summed E-state index contributed by atoms with van der Waals surface area (Å²) in [5.74, 6) is 1.25. The maximum Gasteiger partial charge on any atom is 0.130 e. The number of anilines is 1. The SMILES string of the molecule is Cc1nc(N)c(C)c(-c2cscc2Br)n1. The minimum Gasteiger partial charge on any atom is -0.383 e. The van der Waals surface area contributed by atoms with Crippen LogP contribution in [0.15, 0.2) is 15.2 Å². The Bertz CT molecular complexity index is 507. The van der Waals surface area contributed by atoms with Crippen molar-refractivity contribution in [2.24, 2.45) is 0 Å². The van der Waals surface area contributed by atoms with Gasteiger partial charge in [-0.25, -0.2) is 9.97 Å². The molecule has 0 atom stereocenters. The minimum atomic E-state index is 0.551. The lowest BCUT2D eigenvalue weighted by molar-refractivity contribution is 1.05. The molecule has 0 fully saturated rings. The highest BCUT2D eigenvalue weighted by Gasteiger charge is 2.12. The van der Waals surface area contributed by atoms with Crippen LogP contribution in [0.4, 0.5) is 5.82 Å². The zero-order valence-electron chi connectivity index (χ0n) is 8.41. The van der Waals surface area contributed by atoms with Crippen LogP contribution in [0, 0.1) is 13.8 Å². The van der Waals surface area contributed by atoms with Gasteiger partial charge in [0, 0.05) is 26.4 Å². The Labute approximate surface area is 101 Å². The monoisotopic (exact) mass is 283 g/mol. The van der Waals surface area contributed by atoms with Crippen LogP contribution in [0.3, 0.4) is 0 Å². The number of nitrogens with zero attached hydrogens (tertiary/aromatic N) is 2. The molecule has 0 aromatic carbocycles. The number of nitrogen functional groups attached to an aromatic ring is 1. The average molecular weight is 284 g/mol. The number of nitrogens with two attached hydrogens (primary N) is 1. The molecular formula is C10H10BrN3S. The van der Waals surface area contributed by atoms with Gasteiger partial charge in [0.15, 0.2) is 0 Å². The van der Waals surface area contributed by atoms with Crippen LogP contribution in [0.5, 0.6) is 0 Å². The highest BCUT2D eigenvalue weighted by Crippen LogP contribution is 2.33. The van der Waals surface area contributed by atoms with Crippen molar-refractivity contribution in [3.8, 4) is 11.3 Å². The quantitative estimate of drug-likeness (QED) is 0.875. The smallest absolute Gasteiger partial charge is 0.130 e. The molecule has 0 saturated carbocycles. The molecular weight excluding hydrogens is 274 g/mol. The normalized spacial score (nSPS) is 10.6. The van der Waals surface area contributed by atoms with Gasteiger partial charge in [0.1, 0.15) is 11.6 Å². The standard InChI is InChI=1S/C10H10BrN3S/c1-5-9(7-3-15-4-8(7)11)13-6(2)14-10(5)12/h3-4H,1-2H3,(H2,12,13,14). The molecule has 3 nitrogen and oxygen atoms in total. The predicted molar refractivity (Wildman–Crippen MR) is 66.9 cm³/mol. The number of hydrogen-bond donors (Lipinski definition) is 1. The fourth-order valence-electron chi connectivity index (χ4n) is 1.36. The Hall–Kier alpha value is -0.940. The molecule has 0 unspecified atom stereocenters. The van der Waals surface area contributed by atoms with E-state index in [4.69, 9.17) is 5.73 Å². The minimum absolute atomic E-state index is 0.551. The van der Waals surface area contributed by atoms with Crippen LogP contribution in [-0.4, -0.2) is 9.97 Å². The van der Waals surface area contributed by atoms with Gasteiger partial charge in [-0.15, -0.1) is 0 Å². The molecule has 5 heteroatoms. The van der Waals surface area contributed by atoms with Crippen molar-refractivity contribution in [2.45, 2.75) is 13.8 Å². The average Bonchev–Trinajstić information content (AvgIpc) is 2.58. The zero-order valence-corrected chi connectivity index (χ0v) is 10.8. The van der Waals surface area contributed by atoms with E-state index >= 15 is 0 Å². The second-order valence-electron chi connectivity index (χ2n) is 3.26. The van der Waals surface area contributed by atoms with E-state index in [0.717, 1.165) is 21.3 Å². The van der Waals surface area contributed by atoms with Crippen LogP contribution >= 0.6 is 27.3 Å².